The molecule has 1 aliphatic heterocycles. The van der Waals surface area contributed by atoms with E-state index >= 15 is 0 Å². The van der Waals surface area contributed by atoms with Crippen molar-refractivity contribution >= 4 is 17.7 Å². The van der Waals surface area contributed by atoms with Gasteiger partial charge in [-0.15, -0.1) is 0 Å². The summed E-state index contributed by atoms with van der Waals surface area (Å²) in [6.45, 7) is 1.00. The summed E-state index contributed by atoms with van der Waals surface area (Å²) < 4.78 is 0. The van der Waals surface area contributed by atoms with Crippen molar-refractivity contribution in [2.24, 2.45) is 5.73 Å². The highest BCUT2D eigenvalue weighted by Gasteiger charge is 2.25. The first-order valence-corrected chi connectivity index (χ1v) is 6.27. The van der Waals surface area contributed by atoms with Gasteiger partial charge in [-0.25, -0.2) is 14.8 Å². The van der Waals surface area contributed by atoms with Gasteiger partial charge in [-0.2, -0.15) is 0 Å². The second kappa shape index (κ2) is 4.86. The molecule has 0 atom stereocenters. The van der Waals surface area contributed by atoms with Gasteiger partial charge in [0.1, 0.15) is 0 Å². The molecule has 0 aliphatic carbocycles. The Bertz CT molecular complexity index is 745. The second-order valence-corrected chi connectivity index (χ2v) is 4.74. The third-order valence-corrected chi connectivity index (χ3v) is 3.39. The zero-order valence-electron chi connectivity index (χ0n) is 11.0. The van der Waals surface area contributed by atoms with Gasteiger partial charge in [0.2, 0.25) is 0 Å². The smallest absolute Gasteiger partial charge is 0.335 e. The van der Waals surface area contributed by atoms with Crippen LogP contribution in [0.4, 0.5) is 5.82 Å². The maximum Gasteiger partial charge on any atom is 0.335 e. The number of nitrogens with zero attached hydrogens (tertiary/aromatic N) is 3. The minimum atomic E-state index is -0.964. The molecule has 21 heavy (non-hydrogen) atoms. The third kappa shape index (κ3) is 2.29. The number of aromatic carboxylic acids is 1. The summed E-state index contributed by atoms with van der Waals surface area (Å²) in [6.07, 6.45) is 2.91. The normalized spacial score (nSPS) is 13.0. The number of carboxylic acid groups (broad SMARTS) is 1. The number of carboxylic acids is 1. The van der Waals surface area contributed by atoms with E-state index in [-0.39, 0.29) is 11.3 Å². The summed E-state index contributed by atoms with van der Waals surface area (Å²) in [7, 11) is 0. The van der Waals surface area contributed by atoms with Crippen LogP contribution in [-0.4, -0.2) is 27.0 Å². The molecule has 0 saturated carbocycles. The maximum absolute atomic E-state index is 11.4. The monoisotopic (exact) mass is 284 g/mol. The Morgan fingerprint density at radius 3 is 2.57 bits per heavy atom. The Kier molecular flexibility index (Phi) is 3.02. The lowest BCUT2D eigenvalue weighted by Gasteiger charge is -2.17. The fourth-order valence-corrected chi connectivity index (χ4v) is 2.41. The lowest BCUT2D eigenvalue weighted by molar-refractivity contribution is 0.0696. The fraction of sp³-hybridized carbons (Fsp3) is 0.143. The van der Waals surface area contributed by atoms with Crippen LogP contribution in [0.15, 0.2) is 30.6 Å². The highest BCUT2D eigenvalue weighted by Crippen LogP contribution is 2.28. The molecule has 7 heteroatoms. The zero-order valence-corrected chi connectivity index (χ0v) is 11.0. The summed E-state index contributed by atoms with van der Waals surface area (Å²) in [5.74, 6) is -1.19. The van der Waals surface area contributed by atoms with Crippen LogP contribution in [0.5, 0.6) is 0 Å². The Hall–Kier alpha value is -2.96. The van der Waals surface area contributed by atoms with Crippen molar-refractivity contribution in [3.8, 4) is 0 Å². The molecule has 3 N–H and O–H groups in total. The number of amides is 1. The summed E-state index contributed by atoms with van der Waals surface area (Å²) in [4.78, 5) is 32.4. The predicted octanol–water partition coefficient (Wildman–Crippen LogP) is 0.794. The van der Waals surface area contributed by atoms with E-state index in [1.807, 2.05) is 4.90 Å². The number of aromatic nitrogens is 2. The molecule has 0 saturated heterocycles. The number of carbonyl (C=O) groups is 2. The first-order chi connectivity index (χ1) is 10.1. The van der Waals surface area contributed by atoms with Crippen LogP contribution in [0.2, 0.25) is 0 Å². The molecule has 7 nitrogen and oxygen atoms in total. The molecule has 106 valence electrons. The number of hydrogen-bond acceptors (Lipinski definition) is 5. The van der Waals surface area contributed by atoms with Crippen molar-refractivity contribution in [1.29, 1.82) is 0 Å². The minimum absolute atomic E-state index is 0.115. The first kappa shape index (κ1) is 13.0. The number of nitrogens with two attached hydrogens (primary N) is 1. The van der Waals surface area contributed by atoms with Crippen LogP contribution in [0.25, 0.3) is 0 Å². The van der Waals surface area contributed by atoms with E-state index in [4.69, 9.17) is 10.8 Å². The van der Waals surface area contributed by atoms with Crippen molar-refractivity contribution in [1.82, 2.24) is 9.97 Å². The van der Waals surface area contributed by atoms with Crippen molar-refractivity contribution in [2.75, 3.05) is 4.90 Å². The summed E-state index contributed by atoms with van der Waals surface area (Å²) in [5.41, 5.74) is 7.56. The molecule has 1 aromatic heterocycles. The van der Waals surface area contributed by atoms with Gasteiger partial charge in [-0.1, -0.05) is 6.07 Å². The topological polar surface area (TPSA) is 109 Å². The quantitative estimate of drug-likeness (QED) is 0.862. The van der Waals surface area contributed by atoms with E-state index in [0.717, 1.165) is 11.1 Å². The molecule has 0 bridgehead atoms. The molecule has 0 fully saturated rings. The summed E-state index contributed by atoms with van der Waals surface area (Å²) in [6, 6.07) is 4.98. The highest BCUT2D eigenvalue weighted by molar-refractivity contribution is 5.95. The number of rotatable bonds is 3. The first-order valence-electron chi connectivity index (χ1n) is 6.27. The standard InChI is InChI=1S/C14H12N4O3/c15-12(19)11-13(17-4-3-16-11)18-6-9-2-1-8(14(20)21)5-10(9)7-18/h1-5H,6-7H2,(H2,15,19)(H,20,21). The molecule has 0 spiro atoms. The van der Waals surface area contributed by atoms with Crippen molar-refractivity contribution < 1.29 is 14.7 Å². The Morgan fingerprint density at radius 2 is 1.86 bits per heavy atom. The van der Waals surface area contributed by atoms with Crippen LogP contribution in [0, 0.1) is 0 Å². The van der Waals surface area contributed by atoms with Gasteiger partial charge in [-0.05, 0) is 23.3 Å². The predicted molar refractivity (Wildman–Crippen MR) is 73.8 cm³/mol. The maximum atomic E-state index is 11.4. The Balaban J connectivity index is 1.95. The van der Waals surface area contributed by atoms with Gasteiger partial charge >= 0.3 is 5.97 Å². The number of hydrogen-bond donors (Lipinski definition) is 2. The molecular formula is C14H12N4O3. The number of fused-ring (bicyclic) bond motifs is 1. The molecule has 0 radical (unpaired) electrons. The van der Waals surface area contributed by atoms with Gasteiger partial charge < -0.3 is 15.7 Å². The van der Waals surface area contributed by atoms with E-state index in [2.05, 4.69) is 9.97 Å². The summed E-state index contributed by atoms with van der Waals surface area (Å²) >= 11 is 0. The Morgan fingerprint density at radius 1 is 1.14 bits per heavy atom. The molecular weight excluding hydrogens is 272 g/mol. The van der Waals surface area contributed by atoms with E-state index in [9.17, 15) is 9.59 Å². The van der Waals surface area contributed by atoms with Crippen LogP contribution in [0.3, 0.4) is 0 Å². The molecule has 2 heterocycles. The van der Waals surface area contributed by atoms with Gasteiger partial charge in [0.25, 0.3) is 5.91 Å². The number of anilines is 1. The number of primary amides is 1. The van der Waals surface area contributed by atoms with Crippen molar-refractivity contribution in [2.45, 2.75) is 13.1 Å². The second-order valence-electron chi connectivity index (χ2n) is 4.74. The van der Waals surface area contributed by atoms with Crippen LogP contribution in [0.1, 0.15) is 32.0 Å². The van der Waals surface area contributed by atoms with Crippen LogP contribution in [-0.2, 0) is 13.1 Å². The summed E-state index contributed by atoms with van der Waals surface area (Å²) in [5, 5.41) is 9.02. The lowest BCUT2D eigenvalue weighted by Crippen LogP contribution is -2.23. The SMILES string of the molecule is NC(=O)c1nccnc1N1Cc2ccc(C(=O)O)cc2C1. The van der Waals surface area contributed by atoms with E-state index in [0.29, 0.717) is 18.9 Å². The van der Waals surface area contributed by atoms with E-state index in [1.165, 1.54) is 12.4 Å². The molecule has 1 aromatic carbocycles. The molecule has 1 aliphatic rings. The van der Waals surface area contributed by atoms with E-state index in [1.54, 1.807) is 18.2 Å². The van der Waals surface area contributed by atoms with Gasteiger partial charge in [0.05, 0.1) is 5.56 Å². The van der Waals surface area contributed by atoms with Crippen molar-refractivity contribution in [3.63, 3.8) is 0 Å². The fourth-order valence-electron chi connectivity index (χ4n) is 2.41. The van der Waals surface area contributed by atoms with Crippen LogP contribution < -0.4 is 10.6 Å². The molecule has 1 amide bonds. The number of benzene rings is 1. The minimum Gasteiger partial charge on any atom is -0.478 e. The van der Waals surface area contributed by atoms with Crippen molar-refractivity contribution in [3.05, 3.63) is 53.0 Å². The highest BCUT2D eigenvalue weighted by atomic mass is 16.4. The third-order valence-electron chi connectivity index (χ3n) is 3.39. The van der Waals surface area contributed by atoms with Gasteiger partial charge in [0, 0.05) is 25.5 Å². The average Bonchev–Trinajstić information content (AvgIpc) is 2.89. The van der Waals surface area contributed by atoms with Gasteiger partial charge in [-0.3, -0.25) is 4.79 Å². The molecule has 3 rings (SSSR count). The molecule has 0 unspecified atom stereocenters. The van der Waals surface area contributed by atoms with Gasteiger partial charge in [0.15, 0.2) is 11.5 Å². The van der Waals surface area contributed by atoms with E-state index < -0.39 is 11.9 Å². The van der Waals surface area contributed by atoms with Crippen LogP contribution >= 0.6 is 0 Å². The largest absolute Gasteiger partial charge is 0.478 e. The average molecular weight is 284 g/mol. The number of carbonyl (C=O) groups excluding carboxylic acids is 1. The zero-order chi connectivity index (χ0) is 15.0. The Labute approximate surface area is 120 Å². The molecule has 2 aromatic rings. The lowest BCUT2D eigenvalue weighted by atomic mass is 10.1.